The van der Waals surface area contributed by atoms with E-state index in [1.165, 1.54) is 6.92 Å². The van der Waals surface area contributed by atoms with Crippen molar-refractivity contribution in [3.05, 3.63) is 41.3 Å². The van der Waals surface area contributed by atoms with Crippen LogP contribution >= 0.6 is 11.6 Å². The molecule has 0 saturated heterocycles. The number of carbonyl (C=O) groups excluding carboxylic acids is 1. The summed E-state index contributed by atoms with van der Waals surface area (Å²) in [5.74, 6) is -0.0834. The third-order valence-corrected chi connectivity index (χ3v) is 2.89. The molecule has 19 heavy (non-hydrogen) atoms. The van der Waals surface area contributed by atoms with Crippen LogP contribution in [0.2, 0.25) is 5.28 Å². The third-order valence-electron chi connectivity index (χ3n) is 2.71. The number of amides is 1. The number of hydrogen-bond acceptors (Lipinski definition) is 3. The molecule has 1 N–H and O–H groups in total. The van der Waals surface area contributed by atoms with E-state index in [1.54, 1.807) is 6.20 Å². The van der Waals surface area contributed by atoms with Crippen LogP contribution in [0.25, 0.3) is 11.3 Å². The van der Waals surface area contributed by atoms with Crippen molar-refractivity contribution in [1.82, 2.24) is 9.97 Å². The number of nitrogens with zero attached hydrogens (tertiary/aromatic N) is 2. The number of anilines is 1. The van der Waals surface area contributed by atoms with E-state index in [2.05, 4.69) is 22.2 Å². The van der Waals surface area contributed by atoms with Gasteiger partial charge in [-0.25, -0.2) is 9.97 Å². The number of rotatable bonds is 3. The Morgan fingerprint density at radius 3 is 2.79 bits per heavy atom. The standard InChI is InChI=1S/C14H14ClN3O/c1-3-10-8-11(17-9(2)19)4-5-12(10)13-6-7-16-14(15)18-13/h4-8H,3H2,1-2H3,(H,17,19). The van der Waals surface area contributed by atoms with Crippen LogP contribution in [-0.2, 0) is 11.2 Å². The molecule has 0 radical (unpaired) electrons. The van der Waals surface area contributed by atoms with Crippen molar-refractivity contribution >= 4 is 23.2 Å². The lowest BCUT2D eigenvalue weighted by atomic mass is 10.0. The SMILES string of the molecule is CCc1cc(NC(C)=O)ccc1-c1ccnc(Cl)n1. The first-order valence-corrected chi connectivity index (χ1v) is 6.37. The van der Waals surface area contributed by atoms with E-state index < -0.39 is 0 Å². The number of benzene rings is 1. The summed E-state index contributed by atoms with van der Waals surface area (Å²) in [7, 11) is 0. The molecule has 0 unspecified atom stereocenters. The number of aryl methyl sites for hydroxylation is 1. The first kappa shape index (κ1) is 13.5. The van der Waals surface area contributed by atoms with Crippen molar-refractivity contribution in [2.24, 2.45) is 0 Å². The van der Waals surface area contributed by atoms with Crippen LogP contribution in [0.15, 0.2) is 30.5 Å². The highest BCUT2D eigenvalue weighted by Gasteiger charge is 2.08. The molecular weight excluding hydrogens is 262 g/mol. The Morgan fingerprint density at radius 1 is 1.37 bits per heavy atom. The Hall–Kier alpha value is -1.94. The smallest absolute Gasteiger partial charge is 0.222 e. The second-order valence-corrected chi connectivity index (χ2v) is 4.46. The van der Waals surface area contributed by atoms with E-state index in [4.69, 9.17) is 11.6 Å². The molecule has 0 atom stereocenters. The topological polar surface area (TPSA) is 54.9 Å². The van der Waals surface area contributed by atoms with Crippen LogP contribution in [0.5, 0.6) is 0 Å². The first-order chi connectivity index (χ1) is 9.10. The molecule has 2 aromatic rings. The van der Waals surface area contributed by atoms with Crippen LogP contribution < -0.4 is 5.32 Å². The fourth-order valence-electron chi connectivity index (χ4n) is 1.90. The van der Waals surface area contributed by atoms with Gasteiger partial charge in [0.25, 0.3) is 0 Å². The second kappa shape index (κ2) is 5.80. The van der Waals surface area contributed by atoms with Crippen molar-refractivity contribution in [1.29, 1.82) is 0 Å². The summed E-state index contributed by atoms with van der Waals surface area (Å²) in [6.07, 6.45) is 2.47. The number of carbonyl (C=O) groups is 1. The summed E-state index contributed by atoms with van der Waals surface area (Å²) in [5.41, 5.74) is 3.67. The van der Waals surface area contributed by atoms with Gasteiger partial charge in [-0.15, -0.1) is 0 Å². The van der Waals surface area contributed by atoms with Crippen LogP contribution in [0.3, 0.4) is 0 Å². The molecule has 0 saturated carbocycles. The Balaban J connectivity index is 2.43. The number of hydrogen-bond donors (Lipinski definition) is 1. The molecule has 1 aromatic carbocycles. The van der Waals surface area contributed by atoms with Gasteiger partial charge in [-0.3, -0.25) is 4.79 Å². The molecule has 0 bridgehead atoms. The van der Waals surface area contributed by atoms with Gasteiger partial charge in [-0.2, -0.15) is 0 Å². The molecule has 2 rings (SSSR count). The normalized spacial score (nSPS) is 10.3. The molecule has 1 heterocycles. The Kier molecular flexibility index (Phi) is 4.12. The predicted octanol–water partition coefficient (Wildman–Crippen LogP) is 3.32. The molecule has 1 aromatic heterocycles. The zero-order valence-electron chi connectivity index (χ0n) is 10.8. The van der Waals surface area contributed by atoms with Gasteiger partial charge in [0.2, 0.25) is 11.2 Å². The molecule has 0 fully saturated rings. The molecule has 0 aliphatic rings. The minimum atomic E-state index is -0.0834. The second-order valence-electron chi connectivity index (χ2n) is 4.12. The molecule has 1 amide bonds. The molecule has 0 spiro atoms. The fourth-order valence-corrected chi connectivity index (χ4v) is 2.05. The van der Waals surface area contributed by atoms with E-state index in [9.17, 15) is 4.79 Å². The first-order valence-electron chi connectivity index (χ1n) is 5.99. The maximum atomic E-state index is 11.1. The fraction of sp³-hybridized carbons (Fsp3) is 0.214. The molecule has 4 nitrogen and oxygen atoms in total. The van der Waals surface area contributed by atoms with Gasteiger partial charge in [-0.1, -0.05) is 13.0 Å². The summed E-state index contributed by atoms with van der Waals surface area (Å²) < 4.78 is 0. The van der Waals surface area contributed by atoms with Crippen molar-refractivity contribution in [3.8, 4) is 11.3 Å². The van der Waals surface area contributed by atoms with Gasteiger partial charge >= 0.3 is 0 Å². The predicted molar refractivity (Wildman–Crippen MR) is 76.2 cm³/mol. The van der Waals surface area contributed by atoms with E-state index in [1.807, 2.05) is 24.3 Å². The minimum absolute atomic E-state index is 0.0834. The van der Waals surface area contributed by atoms with E-state index >= 15 is 0 Å². The zero-order valence-corrected chi connectivity index (χ0v) is 11.5. The number of aromatic nitrogens is 2. The van der Waals surface area contributed by atoms with E-state index in [0.717, 1.165) is 28.9 Å². The lowest BCUT2D eigenvalue weighted by Crippen LogP contribution is -2.06. The van der Waals surface area contributed by atoms with Crippen LogP contribution in [-0.4, -0.2) is 15.9 Å². The maximum absolute atomic E-state index is 11.1. The highest BCUT2D eigenvalue weighted by atomic mass is 35.5. The summed E-state index contributed by atoms with van der Waals surface area (Å²) in [6, 6.07) is 7.56. The Morgan fingerprint density at radius 2 is 2.16 bits per heavy atom. The molecule has 0 aliphatic carbocycles. The Bertz CT molecular complexity index is 613. The van der Waals surface area contributed by atoms with Gasteiger partial charge < -0.3 is 5.32 Å². The number of nitrogens with one attached hydrogen (secondary N) is 1. The van der Waals surface area contributed by atoms with E-state index in [-0.39, 0.29) is 11.2 Å². The van der Waals surface area contributed by atoms with Gasteiger partial charge in [0.05, 0.1) is 5.69 Å². The van der Waals surface area contributed by atoms with Crippen molar-refractivity contribution in [2.45, 2.75) is 20.3 Å². The van der Waals surface area contributed by atoms with Crippen molar-refractivity contribution in [2.75, 3.05) is 5.32 Å². The third kappa shape index (κ3) is 3.29. The Labute approximate surface area is 116 Å². The van der Waals surface area contributed by atoms with Gasteiger partial charge in [0.1, 0.15) is 0 Å². The van der Waals surface area contributed by atoms with Gasteiger partial charge in [0, 0.05) is 24.4 Å². The molecule has 98 valence electrons. The highest BCUT2D eigenvalue weighted by Crippen LogP contribution is 2.26. The van der Waals surface area contributed by atoms with Crippen LogP contribution in [0.1, 0.15) is 19.4 Å². The summed E-state index contributed by atoms with van der Waals surface area (Å²) >= 11 is 5.81. The lowest BCUT2D eigenvalue weighted by molar-refractivity contribution is -0.114. The number of halogens is 1. The van der Waals surface area contributed by atoms with Crippen LogP contribution in [0, 0.1) is 0 Å². The van der Waals surface area contributed by atoms with E-state index in [0.29, 0.717) is 0 Å². The monoisotopic (exact) mass is 275 g/mol. The largest absolute Gasteiger partial charge is 0.326 e. The summed E-state index contributed by atoms with van der Waals surface area (Å²) in [4.78, 5) is 19.1. The average molecular weight is 276 g/mol. The summed E-state index contributed by atoms with van der Waals surface area (Å²) in [6.45, 7) is 3.54. The maximum Gasteiger partial charge on any atom is 0.222 e. The van der Waals surface area contributed by atoms with Crippen molar-refractivity contribution < 1.29 is 4.79 Å². The quantitative estimate of drug-likeness (QED) is 0.874. The lowest BCUT2D eigenvalue weighted by Gasteiger charge is -2.10. The molecule has 5 heteroatoms. The molecular formula is C14H14ClN3O. The minimum Gasteiger partial charge on any atom is -0.326 e. The zero-order chi connectivity index (χ0) is 13.8. The average Bonchev–Trinajstić information content (AvgIpc) is 2.37. The van der Waals surface area contributed by atoms with Gasteiger partial charge in [0.15, 0.2) is 0 Å². The van der Waals surface area contributed by atoms with Gasteiger partial charge in [-0.05, 0) is 41.8 Å². The summed E-state index contributed by atoms with van der Waals surface area (Å²) in [5, 5.41) is 3.00. The molecule has 0 aliphatic heterocycles. The van der Waals surface area contributed by atoms with Crippen LogP contribution in [0.4, 0.5) is 5.69 Å². The highest BCUT2D eigenvalue weighted by molar-refractivity contribution is 6.28. The van der Waals surface area contributed by atoms with Crippen molar-refractivity contribution in [3.63, 3.8) is 0 Å².